The van der Waals surface area contributed by atoms with Gasteiger partial charge in [-0.1, -0.05) is 0 Å². The number of nitrogens with one attached hydrogen (secondary N) is 4. The number of carbonyl (C=O) groups excluding carboxylic acids is 2. The van der Waals surface area contributed by atoms with E-state index < -0.39 is 29.3 Å². The van der Waals surface area contributed by atoms with Crippen molar-refractivity contribution < 1.29 is 27.5 Å². The second kappa shape index (κ2) is 13.2. The Bertz CT molecular complexity index is 735. The first kappa shape index (κ1) is 28.8. The highest BCUT2D eigenvalue weighted by atomic mass is 127. The van der Waals surface area contributed by atoms with Gasteiger partial charge < -0.3 is 26.0 Å². The maximum atomic E-state index is 12.5. The molecule has 0 saturated carbocycles. The second-order valence-corrected chi connectivity index (χ2v) is 7.19. The van der Waals surface area contributed by atoms with Crippen molar-refractivity contribution in [3.05, 3.63) is 35.4 Å². The Morgan fingerprint density at radius 1 is 0.903 bits per heavy atom. The first-order valence-corrected chi connectivity index (χ1v) is 9.29. The zero-order valence-electron chi connectivity index (χ0n) is 17.9. The van der Waals surface area contributed by atoms with Gasteiger partial charge in [0.1, 0.15) is 5.60 Å². The van der Waals surface area contributed by atoms with Crippen LogP contribution in [-0.2, 0) is 10.9 Å². The van der Waals surface area contributed by atoms with Gasteiger partial charge in [0.05, 0.1) is 5.56 Å². The first-order chi connectivity index (χ1) is 13.9. The molecule has 4 N–H and O–H groups in total. The number of hydrogen-bond acceptors (Lipinski definition) is 4. The van der Waals surface area contributed by atoms with Gasteiger partial charge in [0.15, 0.2) is 5.96 Å². The highest BCUT2D eigenvalue weighted by Crippen LogP contribution is 2.29. The number of hydrogen-bond donors (Lipinski definition) is 4. The Kier molecular flexibility index (Phi) is 12.3. The number of aliphatic imine (C=N–C) groups is 1. The van der Waals surface area contributed by atoms with Crippen LogP contribution in [0.5, 0.6) is 0 Å². The average Bonchev–Trinajstić information content (AvgIpc) is 2.64. The molecule has 31 heavy (non-hydrogen) atoms. The Balaban J connectivity index is 0.00000900. The van der Waals surface area contributed by atoms with Crippen LogP contribution >= 0.6 is 24.0 Å². The van der Waals surface area contributed by atoms with Crippen molar-refractivity contribution in [3.8, 4) is 0 Å². The molecule has 0 fully saturated rings. The zero-order valence-corrected chi connectivity index (χ0v) is 20.2. The largest absolute Gasteiger partial charge is 0.444 e. The Morgan fingerprint density at radius 2 is 1.39 bits per heavy atom. The van der Waals surface area contributed by atoms with Crippen molar-refractivity contribution in [1.82, 2.24) is 21.3 Å². The first-order valence-electron chi connectivity index (χ1n) is 9.29. The van der Waals surface area contributed by atoms with Crippen LogP contribution in [0, 0.1) is 0 Å². The summed E-state index contributed by atoms with van der Waals surface area (Å²) in [7, 11) is 1.57. The summed E-state index contributed by atoms with van der Waals surface area (Å²) in [6, 6.07) is 3.99. The van der Waals surface area contributed by atoms with Gasteiger partial charge >= 0.3 is 12.3 Å². The maximum Gasteiger partial charge on any atom is 0.416 e. The highest BCUT2D eigenvalue weighted by Gasteiger charge is 2.30. The summed E-state index contributed by atoms with van der Waals surface area (Å²) in [5.74, 6) is -0.0141. The summed E-state index contributed by atoms with van der Waals surface area (Å²) >= 11 is 0. The minimum absolute atomic E-state index is 0. The molecule has 0 aliphatic carbocycles. The van der Waals surface area contributed by atoms with Gasteiger partial charge in [-0.2, -0.15) is 13.2 Å². The van der Waals surface area contributed by atoms with Crippen LogP contribution in [0.4, 0.5) is 18.0 Å². The molecule has 0 atom stereocenters. The number of halogens is 4. The van der Waals surface area contributed by atoms with E-state index in [0.717, 1.165) is 24.3 Å². The molecule has 0 spiro atoms. The highest BCUT2D eigenvalue weighted by molar-refractivity contribution is 14.0. The number of ether oxygens (including phenoxy) is 1. The van der Waals surface area contributed by atoms with Gasteiger partial charge in [0, 0.05) is 38.8 Å². The van der Waals surface area contributed by atoms with E-state index in [1.807, 2.05) is 0 Å². The molecule has 0 bridgehead atoms. The molecule has 0 aliphatic rings. The molecule has 0 saturated heterocycles. The number of amides is 2. The molecule has 0 aromatic heterocycles. The van der Waals surface area contributed by atoms with E-state index in [1.54, 1.807) is 27.8 Å². The summed E-state index contributed by atoms with van der Waals surface area (Å²) < 4.78 is 42.7. The summed E-state index contributed by atoms with van der Waals surface area (Å²) in [5, 5.41) is 11.1. The number of rotatable bonds is 7. The molecule has 0 radical (unpaired) electrons. The lowest BCUT2D eigenvalue weighted by Crippen LogP contribution is -2.44. The fraction of sp³-hybridized carbons (Fsp3) is 0.526. The van der Waals surface area contributed by atoms with E-state index in [-0.39, 0.29) is 36.1 Å². The van der Waals surface area contributed by atoms with Crippen molar-refractivity contribution in [2.24, 2.45) is 4.99 Å². The van der Waals surface area contributed by atoms with E-state index in [9.17, 15) is 22.8 Å². The van der Waals surface area contributed by atoms with Gasteiger partial charge in [-0.05, 0) is 45.0 Å². The number of guanidine groups is 1. The van der Waals surface area contributed by atoms with Crippen LogP contribution in [0.25, 0.3) is 0 Å². The SMILES string of the molecule is CN=C(NCCNC(=O)OC(C)(C)C)NCCNC(=O)c1ccc(C(F)(F)F)cc1.I. The third-order valence-electron chi connectivity index (χ3n) is 3.49. The monoisotopic (exact) mass is 559 g/mol. The number of carbonyl (C=O) groups is 2. The maximum absolute atomic E-state index is 12.5. The molecule has 1 rings (SSSR count). The van der Waals surface area contributed by atoms with Crippen LogP contribution in [0.2, 0.25) is 0 Å². The van der Waals surface area contributed by atoms with E-state index in [0.29, 0.717) is 25.6 Å². The van der Waals surface area contributed by atoms with Crippen molar-refractivity contribution >= 4 is 41.9 Å². The van der Waals surface area contributed by atoms with E-state index in [2.05, 4.69) is 26.3 Å². The Hall–Kier alpha value is -2.25. The van der Waals surface area contributed by atoms with Crippen LogP contribution in [0.3, 0.4) is 0 Å². The molecule has 8 nitrogen and oxygen atoms in total. The predicted molar refractivity (Wildman–Crippen MR) is 123 cm³/mol. The van der Waals surface area contributed by atoms with Gasteiger partial charge in [-0.15, -0.1) is 24.0 Å². The van der Waals surface area contributed by atoms with Gasteiger partial charge in [0.25, 0.3) is 5.91 Å². The van der Waals surface area contributed by atoms with Crippen LogP contribution in [0.1, 0.15) is 36.7 Å². The molecule has 0 aliphatic heterocycles. The lowest BCUT2D eigenvalue weighted by atomic mass is 10.1. The third kappa shape index (κ3) is 12.3. The fourth-order valence-electron chi connectivity index (χ4n) is 2.15. The van der Waals surface area contributed by atoms with Crippen molar-refractivity contribution in [3.63, 3.8) is 0 Å². The predicted octanol–water partition coefficient (Wildman–Crippen LogP) is 2.74. The molecule has 0 unspecified atom stereocenters. The normalized spacial score (nSPS) is 11.8. The van der Waals surface area contributed by atoms with Crippen LogP contribution in [-0.4, -0.2) is 56.8 Å². The number of alkyl carbamates (subject to hydrolysis) is 1. The third-order valence-corrected chi connectivity index (χ3v) is 3.49. The summed E-state index contributed by atoms with van der Waals surface area (Å²) in [6.45, 7) is 6.60. The molecule has 12 heteroatoms. The molecule has 176 valence electrons. The lowest BCUT2D eigenvalue weighted by molar-refractivity contribution is -0.137. The summed E-state index contributed by atoms with van der Waals surface area (Å²) in [4.78, 5) is 27.5. The summed E-state index contributed by atoms with van der Waals surface area (Å²) in [6.07, 6.45) is -4.96. The molecule has 1 aromatic rings. The minimum Gasteiger partial charge on any atom is -0.444 e. The van der Waals surface area contributed by atoms with Crippen molar-refractivity contribution in [2.75, 3.05) is 33.2 Å². The van der Waals surface area contributed by atoms with Crippen molar-refractivity contribution in [1.29, 1.82) is 0 Å². The number of benzene rings is 1. The number of alkyl halides is 3. The van der Waals surface area contributed by atoms with Gasteiger partial charge in [0.2, 0.25) is 0 Å². The van der Waals surface area contributed by atoms with E-state index in [4.69, 9.17) is 4.74 Å². The zero-order chi connectivity index (χ0) is 22.8. The van der Waals surface area contributed by atoms with E-state index >= 15 is 0 Å². The molecule has 0 heterocycles. The van der Waals surface area contributed by atoms with Crippen molar-refractivity contribution in [2.45, 2.75) is 32.5 Å². The molecule has 2 amide bonds. The van der Waals surface area contributed by atoms with E-state index in [1.165, 1.54) is 0 Å². The van der Waals surface area contributed by atoms with Crippen LogP contribution in [0.15, 0.2) is 29.3 Å². The smallest absolute Gasteiger partial charge is 0.416 e. The Morgan fingerprint density at radius 3 is 1.84 bits per heavy atom. The molecular weight excluding hydrogens is 530 g/mol. The lowest BCUT2D eigenvalue weighted by Gasteiger charge is -2.20. The quantitative estimate of drug-likeness (QED) is 0.178. The average molecular weight is 559 g/mol. The van der Waals surface area contributed by atoms with Crippen LogP contribution < -0.4 is 21.3 Å². The molecular formula is C19H29F3IN5O3. The topological polar surface area (TPSA) is 104 Å². The van der Waals surface area contributed by atoms with Gasteiger partial charge in [-0.3, -0.25) is 9.79 Å². The minimum atomic E-state index is -4.44. The summed E-state index contributed by atoms with van der Waals surface area (Å²) in [5.41, 5.74) is -1.24. The van der Waals surface area contributed by atoms with Gasteiger partial charge in [-0.25, -0.2) is 4.79 Å². The molecule has 1 aromatic carbocycles. The Labute approximate surface area is 196 Å². The second-order valence-electron chi connectivity index (χ2n) is 7.19. The standard InChI is InChI=1S/C19H28F3N5O3.HI/c1-18(2,3)30-17(29)27-12-11-26-16(23-4)25-10-9-24-15(28)13-5-7-14(8-6-13)19(20,21)22;/h5-8H,9-12H2,1-4H3,(H,24,28)(H,27,29)(H2,23,25,26);1H. The fourth-order valence-corrected chi connectivity index (χ4v) is 2.15. The number of nitrogens with zero attached hydrogens (tertiary/aromatic N) is 1.